The lowest BCUT2D eigenvalue weighted by Crippen LogP contribution is -2.49. The number of aliphatic imine (C=N–C) groups is 1. The molecule has 0 aliphatic carbocycles. The number of hydrogen-bond donors (Lipinski definition) is 2. The summed E-state index contributed by atoms with van der Waals surface area (Å²) in [6.07, 6.45) is 2.20. The van der Waals surface area contributed by atoms with Crippen LogP contribution in [0.1, 0.15) is 30.9 Å². The molecule has 0 aromatic heterocycles. The molecular formula is C25H37IN4O2. The minimum absolute atomic E-state index is 0. The topological polar surface area (TPSA) is 58.1 Å². The van der Waals surface area contributed by atoms with Gasteiger partial charge in [0.2, 0.25) is 0 Å². The molecule has 2 aromatic rings. The lowest BCUT2D eigenvalue weighted by Gasteiger charge is -2.33. The molecule has 1 aliphatic heterocycles. The first kappa shape index (κ1) is 26.3. The third kappa shape index (κ3) is 8.16. The van der Waals surface area contributed by atoms with Crippen LogP contribution >= 0.6 is 24.0 Å². The standard InChI is InChI=1S/C25H36N4O2.HI/c1-19-8-7-9-21(16-19)18-29-14-12-22(13-15-29)28-25(26-3)27-17-20(2)31-24-11-6-5-10-23(24)30-4;/h5-11,16,20,22H,12-15,17-18H2,1-4H3,(H2,26,27,28);1H. The van der Waals surface area contributed by atoms with Crippen LogP contribution in [0.25, 0.3) is 0 Å². The van der Waals surface area contributed by atoms with Crippen LogP contribution in [0.3, 0.4) is 0 Å². The zero-order valence-corrected chi connectivity index (χ0v) is 22.0. The van der Waals surface area contributed by atoms with Crippen LogP contribution in [0.5, 0.6) is 11.5 Å². The molecule has 1 fully saturated rings. The van der Waals surface area contributed by atoms with Gasteiger partial charge in [0, 0.05) is 32.7 Å². The quantitative estimate of drug-likeness (QED) is 0.292. The van der Waals surface area contributed by atoms with E-state index in [0.717, 1.165) is 49.9 Å². The monoisotopic (exact) mass is 552 g/mol. The minimum Gasteiger partial charge on any atom is -0.493 e. The summed E-state index contributed by atoms with van der Waals surface area (Å²) in [5.41, 5.74) is 2.72. The molecule has 6 nitrogen and oxygen atoms in total. The van der Waals surface area contributed by atoms with Crippen molar-refractivity contribution < 1.29 is 9.47 Å². The van der Waals surface area contributed by atoms with Crippen LogP contribution in [-0.2, 0) is 6.54 Å². The number of guanidine groups is 1. The van der Waals surface area contributed by atoms with Gasteiger partial charge in [-0.05, 0) is 44.4 Å². The fourth-order valence-electron chi connectivity index (χ4n) is 3.91. The van der Waals surface area contributed by atoms with Crippen LogP contribution < -0.4 is 20.1 Å². The number of aryl methyl sites for hydroxylation is 1. The van der Waals surface area contributed by atoms with Crippen molar-refractivity contribution in [1.29, 1.82) is 0 Å². The molecule has 1 saturated heterocycles. The van der Waals surface area contributed by atoms with E-state index in [0.29, 0.717) is 12.6 Å². The maximum atomic E-state index is 6.02. The number of nitrogens with one attached hydrogen (secondary N) is 2. The first-order valence-corrected chi connectivity index (χ1v) is 11.1. The summed E-state index contributed by atoms with van der Waals surface area (Å²) in [5.74, 6) is 2.32. The molecule has 2 aromatic carbocycles. The van der Waals surface area contributed by atoms with Crippen molar-refractivity contribution in [2.75, 3.05) is 33.8 Å². The first-order valence-electron chi connectivity index (χ1n) is 11.1. The fraction of sp³-hybridized carbons (Fsp3) is 0.480. The number of para-hydroxylation sites is 2. The van der Waals surface area contributed by atoms with Gasteiger partial charge in [0.1, 0.15) is 6.10 Å². The van der Waals surface area contributed by atoms with E-state index in [2.05, 4.69) is 51.7 Å². The number of rotatable bonds is 8. The van der Waals surface area contributed by atoms with Gasteiger partial charge in [-0.3, -0.25) is 9.89 Å². The number of piperidine rings is 1. The Kier molecular flexibility index (Phi) is 11.1. The zero-order chi connectivity index (χ0) is 22.1. The Balaban J connectivity index is 0.00000363. The van der Waals surface area contributed by atoms with Crippen LogP contribution in [0.4, 0.5) is 0 Å². The summed E-state index contributed by atoms with van der Waals surface area (Å²) in [6.45, 7) is 8.06. The van der Waals surface area contributed by atoms with E-state index >= 15 is 0 Å². The molecule has 0 saturated carbocycles. The smallest absolute Gasteiger partial charge is 0.191 e. The Morgan fingerprint density at radius 1 is 1.12 bits per heavy atom. The van der Waals surface area contributed by atoms with Crippen molar-refractivity contribution in [3.05, 3.63) is 59.7 Å². The number of ether oxygens (including phenoxy) is 2. The van der Waals surface area contributed by atoms with Gasteiger partial charge < -0.3 is 20.1 Å². The van der Waals surface area contributed by atoms with Gasteiger partial charge >= 0.3 is 0 Å². The average Bonchev–Trinajstić information content (AvgIpc) is 2.78. The summed E-state index contributed by atoms with van der Waals surface area (Å²) in [6, 6.07) is 16.9. The predicted molar refractivity (Wildman–Crippen MR) is 142 cm³/mol. The maximum Gasteiger partial charge on any atom is 0.191 e. The lowest BCUT2D eigenvalue weighted by atomic mass is 10.0. The highest BCUT2D eigenvalue weighted by molar-refractivity contribution is 14.0. The molecule has 1 unspecified atom stereocenters. The third-order valence-electron chi connectivity index (χ3n) is 5.59. The number of nitrogens with zero attached hydrogens (tertiary/aromatic N) is 2. The minimum atomic E-state index is -0.0222. The molecule has 2 N–H and O–H groups in total. The van der Waals surface area contributed by atoms with Crippen molar-refractivity contribution in [2.45, 2.75) is 45.4 Å². The second kappa shape index (κ2) is 13.5. The normalized spacial score (nSPS) is 16.1. The van der Waals surface area contributed by atoms with E-state index in [-0.39, 0.29) is 30.1 Å². The van der Waals surface area contributed by atoms with Crippen molar-refractivity contribution in [3.63, 3.8) is 0 Å². The molecule has 32 heavy (non-hydrogen) atoms. The molecule has 3 rings (SSSR count). The van der Waals surface area contributed by atoms with Gasteiger partial charge in [-0.15, -0.1) is 24.0 Å². The van der Waals surface area contributed by atoms with Crippen molar-refractivity contribution in [1.82, 2.24) is 15.5 Å². The summed E-state index contributed by atoms with van der Waals surface area (Å²) >= 11 is 0. The maximum absolute atomic E-state index is 6.02. The summed E-state index contributed by atoms with van der Waals surface area (Å²) in [4.78, 5) is 6.93. The van der Waals surface area contributed by atoms with E-state index in [1.807, 2.05) is 38.2 Å². The molecule has 1 heterocycles. The highest BCUT2D eigenvalue weighted by Gasteiger charge is 2.20. The molecule has 0 radical (unpaired) electrons. The second-order valence-electron chi connectivity index (χ2n) is 8.22. The molecular weight excluding hydrogens is 515 g/mol. The van der Waals surface area contributed by atoms with Gasteiger partial charge in [-0.2, -0.15) is 0 Å². The lowest BCUT2D eigenvalue weighted by molar-refractivity contribution is 0.197. The first-order chi connectivity index (χ1) is 15.1. The van der Waals surface area contributed by atoms with Gasteiger partial charge in [0.25, 0.3) is 0 Å². The van der Waals surface area contributed by atoms with E-state index in [1.54, 1.807) is 7.11 Å². The van der Waals surface area contributed by atoms with E-state index in [9.17, 15) is 0 Å². The Hall–Kier alpha value is -2.00. The number of methoxy groups -OCH3 is 1. The summed E-state index contributed by atoms with van der Waals surface area (Å²) < 4.78 is 11.4. The number of halogens is 1. The molecule has 1 aliphatic rings. The van der Waals surface area contributed by atoms with Crippen molar-refractivity contribution in [3.8, 4) is 11.5 Å². The van der Waals surface area contributed by atoms with Crippen LogP contribution in [0.2, 0.25) is 0 Å². The summed E-state index contributed by atoms with van der Waals surface area (Å²) in [5, 5.41) is 6.96. The molecule has 0 bridgehead atoms. The number of hydrogen-bond acceptors (Lipinski definition) is 4. The second-order valence-corrected chi connectivity index (χ2v) is 8.22. The van der Waals surface area contributed by atoms with E-state index in [4.69, 9.17) is 9.47 Å². The highest BCUT2D eigenvalue weighted by Crippen LogP contribution is 2.26. The van der Waals surface area contributed by atoms with Crippen LogP contribution in [0, 0.1) is 6.92 Å². The van der Waals surface area contributed by atoms with Gasteiger partial charge in [0.05, 0.1) is 13.7 Å². The Morgan fingerprint density at radius 3 is 2.50 bits per heavy atom. The van der Waals surface area contributed by atoms with Crippen molar-refractivity contribution >= 4 is 29.9 Å². The SMILES string of the molecule is CN=C(NCC(C)Oc1ccccc1OC)NC1CCN(Cc2cccc(C)c2)CC1.I. The number of benzene rings is 2. The molecule has 1 atom stereocenters. The van der Waals surface area contributed by atoms with Gasteiger partial charge in [-0.1, -0.05) is 42.0 Å². The largest absolute Gasteiger partial charge is 0.493 e. The molecule has 176 valence electrons. The van der Waals surface area contributed by atoms with Crippen LogP contribution in [-0.4, -0.2) is 56.8 Å². The van der Waals surface area contributed by atoms with Crippen molar-refractivity contribution in [2.24, 2.45) is 4.99 Å². The third-order valence-corrected chi connectivity index (χ3v) is 5.59. The number of likely N-dealkylation sites (tertiary alicyclic amines) is 1. The Labute approximate surface area is 209 Å². The Bertz CT molecular complexity index is 853. The highest BCUT2D eigenvalue weighted by atomic mass is 127. The van der Waals surface area contributed by atoms with E-state index < -0.39 is 0 Å². The van der Waals surface area contributed by atoms with Crippen LogP contribution in [0.15, 0.2) is 53.5 Å². The van der Waals surface area contributed by atoms with Gasteiger partial charge in [-0.25, -0.2) is 0 Å². The predicted octanol–water partition coefficient (Wildman–Crippen LogP) is 4.22. The van der Waals surface area contributed by atoms with Gasteiger partial charge in [0.15, 0.2) is 17.5 Å². The summed E-state index contributed by atoms with van der Waals surface area (Å²) in [7, 11) is 3.47. The molecule has 0 spiro atoms. The molecule has 7 heteroatoms. The zero-order valence-electron chi connectivity index (χ0n) is 19.6. The average molecular weight is 553 g/mol. The van der Waals surface area contributed by atoms with E-state index in [1.165, 1.54) is 11.1 Å². The fourth-order valence-corrected chi connectivity index (χ4v) is 3.91. The Morgan fingerprint density at radius 2 is 1.84 bits per heavy atom. The molecule has 0 amide bonds.